The van der Waals surface area contributed by atoms with Crippen molar-refractivity contribution in [1.29, 1.82) is 0 Å². The first-order chi connectivity index (χ1) is 7.78. The number of hydrogen-bond acceptors (Lipinski definition) is 1. The number of methoxy groups -OCH3 is 1. The van der Waals surface area contributed by atoms with Gasteiger partial charge in [0.1, 0.15) is 5.75 Å². The number of ether oxygens (including phenoxy) is 1. The Morgan fingerprint density at radius 3 is 1.88 bits per heavy atom. The van der Waals surface area contributed by atoms with Gasteiger partial charge in [0.15, 0.2) is 7.14 Å². The minimum absolute atomic E-state index is 0.116. The lowest BCUT2D eigenvalue weighted by molar-refractivity contribution is -0.597. The van der Waals surface area contributed by atoms with Crippen LogP contribution in [0.4, 0.5) is 0 Å². The van der Waals surface area contributed by atoms with E-state index in [1.807, 2.05) is 24.3 Å². The highest BCUT2D eigenvalue weighted by atomic mass is 127. The van der Waals surface area contributed by atoms with Gasteiger partial charge in [0.05, 0.1) is 7.11 Å². The van der Waals surface area contributed by atoms with Gasteiger partial charge in [0, 0.05) is 5.02 Å². The monoisotopic (exact) mass is 345 g/mol. The quantitative estimate of drug-likeness (QED) is 0.735. The van der Waals surface area contributed by atoms with E-state index in [1.54, 1.807) is 7.11 Å². The molecule has 0 fully saturated rings. The predicted molar refractivity (Wildman–Crippen MR) is 61.8 cm³/mol. The number of hydrogen-bond donors (Lipinski definition) is 0. The summed E-state index contributed by atoms with van der Waals surface area (Å²) >= 11 is 5.73. The first-order valence-electron chi connectivity index (χ1n) is 4.82. The van der Waals surface area contributed by atoms with Gasteiger partial charge in [-0.25, -0.2) is 0 Å². The molecule has 0 aromatic heterocycles. The molecule has 2 rings (SSSR count). The third-order valence-electron chi connectivity index (χ3n) is 2.07. The van der Waals surface area contributed by atoms with Crippen molar-refractivity contribution < 1.29 is 25.9 Å². The lowest BCUT2D eigenvalue weighted by Gasteiger charge is -1.95. The summed E-state index contributed by atoms with van der Waals surface area (Å²) < 4.78 is 7.88. The summed E-state index contributed by atoms with van der Waals surface area (Å²) in [5, 5.41) is 0.794. The molecule has 0 N–H and O–H groups in total. The second kappa shape index (κ2) is 5.55. The summed E-state index contributed by atoms with van der Waals surface area (Å²) in [5.41, 5.74) is 0. The summed E-state index contributed by atoms with van der Waals surface area (Å²) in [6, 6.07) is 16.3. The molecule has 0 spiro atoms. The van der Waals surface area contributed by atoms with Crippen molar-refractivity contribution in [2.24, 2.45) is 0 Å². The van der Waals surface area contributed by atoms with Gasteiger partial charge in [-0.1, -0.05) is 11.6 Å². The Morgan fingerprint density at radius 1 is 0.875 bits per heavy atom. The van der Waals surface area contributed by atoms with Crippen LogP contribution in [-0.4, -0.2) is 7.11 Å². The average molecular weight is 346 g/mol. The van der Waals surface area contributed by atoms with Gasteiger partial charge in [-0.15, -0.1) is 0 Å². The number of benzene rings is 2. The maximum absolute atomic E-state index is 5.85. The van der Waals surface area contributed by atoms with Gasteiger partial charge in [-0.05, 0) is 48.5 Å². The number of halogens is 2. The van der Waals surface area contributed by atoms with Crippen molar-refractivity contribution in [3.8, 4) is 5.75 Å². The molecule has 16 heavy (non-hydrogen) atoms. The Morgan fingerprint density at radius 2 is 1.38 bits per heavy atom. The lowest BCUT2D eigenvalue weighted by atomic mass is 10.3. The normalized spacial score (nSPS) is 10.1. The Balaban J connectivity index is 2.11. The van der Waals surface area contributed by atoms with Crippen LogP contribution in [0, 0.1) is 7.14 Å². The van der Waals surface area contributed by atoms with E-state index in [0.717, 1.165) is 10.8 Å². The van der Waals surface area contributed by atoms with Gasteiger partial charge in [0.2, 0.25) is 0 Å². The molecular formula is C13H11ClIO+. The first kappa shape index (κ1) is 11.7. The third-order valence-corrected chi connectivity index (χ3v) is 5.01. The van der Waals surface area contributed by atoms with Crippen molar-refractivity contribution >= 4 is 11.6 Å². The SMILES string of the molecule is COc1ccc([I+]c2ccc(Cl)cc2)cc1. The van der Waals surface area contributed by atoms with Gasteiger partial charge < -0.3 is 4.74 Å². The van der Waals surface area contributed by atoms with Crippen LogP contribution < -0.4 is 25.9 Å². The molecule has 0 aliphatic carbocycles. The molecule has 2 aromatic carbocycles. The molecular weight excluding hydrogens is 334 g/mol. The standard InChI is InChI=1S/C13H11ClIO/c1-16-13-8-6-12(7-9-13)15-11-4-2-10(14)3-5-11/h2-9H,1H3/q+1. The average Bonchev–Trinajstić information content (AvgIpc) is 2.33. The summed E-state index contributed by atoms with van der Waals surface area (Å²) in [6.07, 6.45) is 0. The minimum Gasteiger partial charge on any atom is -0.497 e. The van der Waals surface area contributed by atoms with Crippen LogP contribution in [0.25, 0.3) is 0 Å². The molecule has 0 atom stereocenters. The van der Waals surface area contributed by atoms with Gasteiger partial charge in [-0.3, -0.25) is 0 Å². The molecule has 2 aromatic rings. The smallest absolute Gasteiger partial charge is 0.357 e. The van der Waals surface area contributed by atoms with E-state index in [9.17, 15) is 0 Å². The molecule has 0 aliphatic rings. The van der Waals surface area contributed by atoms with Gasteiger partial charge >= 0.3 is 21.2 Å². The molecule has 0 unspecified atom stereocenters. The van der Waals surface area contributed by atoms with Crippen LogP contribution >= 0.6 is 11.6 Å². The second-order valence-electron chi connectivity index (χ2n) is 3.19. The molecule has 3 heteroatoms. The Labute approximate surface area is 111 Å². The molecule has 0 saturated carbocycles. The van der Waals surface area contributed by atoms with Crippen molar-refractivity contribution in [2.45, 2.75) is 0 Å². The van der Waals surface area contributed by atoms with E-state index < -0.39 is 0 Å². The zero-order valence-corrected chi connectivity index (χ0v) is 11.7. The van der Waals surface area contributed by atoms with Crippen LogP contribution in [0.1, 0.15) is 0 Å². The van der Waals surface area contributed by atoms with Crippen LogP contribution in [0.15, 0.2) is 48.5 Å². The molecule has 0 aliphatic heterocycles. The molecule has 0 bridgehead atoms. The fraction of sp³-hybridized carbons (Fsp3) is 0.0769. The van der Waals surface area contributed by atoms with E-state index in [0.29, 0.717) is 0 Å². The minimum atomic E-state index is -0.116. The molecule has 1 nitrogen and oxygen atoms in total. The highest BCUT2D eigenvalue weighted by Crippen LogP contribution is 2.06. The Bertz CT molecular complexity index is 450. The van der Waals surface area contributed by atoms with E-state index in [2.05, 4.69) is 24.3 Å². The fourth-order valence-corrected chi connectivity index (χ4v) is 3.54. The summed E-state index contributed by atoms with van der Waals surface area (Å²) in [5.74, 6) is 0.906. The van der Waals surface area contributed by atoms with Crippen LogP contribution in [0.3, 0.4) is 0 Å². The molecule has 82 valence electrons. The maximum atomic E-state index is 5.85. The maximum Gasteiger partial charge on any atom is 0.357 e. The van der Waals surface area contributed by atoms with Crippen molar-refractivity contribution in [3.05, 3.63) is 60.7 Å². The van der Waals surface area contributed by atoms with Crippen molar-refractivity contribution in [3.63, 3.8) is 0 Å². The molecule has 0 saturated heterocycles. The van der Waals surface area contributed by atoms with E-state index >= 15 is 0 Å². The summed E-state index contributed by atoms with van der Waals surface area (Å²) in [4.78, 5) is 0. The van der Waals surface area contributed by atoms with Crippen molar-refractivity contribution in [1.82, 2.24) is 0 Å². The Kier molecular flexibility index (Phi) is 4.07. The highest BCUT2D eigenvalue weighted by molar-refractivity contribution is 6.30. The lowest BCUT2D eigenvalue weighted by Crippen LogP contribution is -3.61. The van der Waals surface area contributed by atoms with Gasteiger partial charge in [-0.2, -0.15) is 0 Å². The van der Waals surface area contributed by atoms with Crippen LogP contribution in [0.2, 0.25) is 5.02 Å². The van der Waals surface area contributed by atoms with Crippen LogP contribution in [-0.2, 0) is 0 Å². The summed E-state index contributed by atoms with van der Waals surface area (Å²) in [7, 11) is 1.68. The summed E-state index contributed by atoms with van der Waals surface area (Å²) in [6.45, 7) is 0. The zero-order chi connectivity index (χ0) is 11.4. The third kappa shape index (κ3) is 3.12. The molecule has 0 radical (unpaired) electrons. The first-order valence-corrected chi connectivity index (χ1v) is 7.36. The number of rotatable bonds is 3. The van der Waals surface area contributed by atoms with Crippen molar-refractivity contribution in [2.75, 3.05) is 7.11 Å². The zero-order valence-electron chi connectivity index (χ0n) is 8.78. The van der Waals surface area contributed by atoms with Gasteiger partial charge in [0.25, 0.3) is 0 Å². The second-order valence-corrected chi connectivity index (χ2v) is 6.66. The largest absolute Gasteiger partial charge is 0.497 e. The van der Waals surface area contributed by atoms with Crippen LogP contribution in [0.5, 0.6) is 5.75 Å². The molecule has 0 heterocycles. The van der Waals surface area contributed by atoms with E-state index in [1.165, 1.54) is 7.14 Å². The highest BCUT2D eigenvalue weighted by Gasteiger charge is 2.14. The topological polar surface area (TPSA) is 9.23 Å². The fourth-order valence-electron chi connectivity index (χ4n) is 1.25. The predicted octanol–water partition coefficient (Wildman–Crippen LogP) is 0.477. The Hall–Kier alpha value is -0.740. The molecule has 0 amide bonds. The van der Waals surface area contributed by atoms with E-state index in [4.69, 9.17) is 16.3 Å². The van der Waals surface area contributed by atoms with E-state index in [-0.39, 0.29) is 21.2 Å².